The number of hydrogen-bond acceptors (Lipinski definition) is 2. The minimum atomic E-state index is -0.0822. The van der Waals surface area contributed by atoms with Gasteiger partial charge in [0.05, 0.1) is 22.4 Å². The number of halogens is 2. The minimum Gasteiger partial charge on any atom is -0.467 e. The second kappa shape index (κ2) is 4.91. The lowest BCUT2D eigenvalue weighted by molar-refractivity contribution is 0.463. The van der Waals surface area contributed by atoms with E-state index in [0.29, 0.717) is 10.0 Å². The smallest absolute Gasteiger partial charge is 0.125 e. The first kappa shape index (κ1) is 11.5. The third-order valence-electron chi connectivity index (χ3n) is 2.41. The van der Waals surface area contributed by atoms with Gasteiger partial charge in [-0.25, -0.2) is 0 Å². The van der Waals surface area contributed by atoms with Gasteiger partial charge in [0.15, 0.2) is 0 Å². The van der Waals surface area contributed by atoms with Gasteiger partial charge in [-0.15, -0.1) is 0 Å². The first-order chi connectivity index (χ1) is 7.74. The molecule has 0 saturated carbocycles. The molecule has 0 aliphatic heterocycles. The van der Waals surface area contributed by atoms with Crippen LogP contribution in [0.5, 0.6) is 0 Å². The zero-order valence-electron chi connectivity index (χ0n) is 8.71. The molecule has 0 spiro atoms. The molecule has 0 aliphatic carbocycles. The molecule has 1 aromatic heterocycles. The molecule has 1 N–H and O–H groups in total. The van der Waals surface area contributed by atoms with Gasteiger partial charge in [0.25, 0.3) is 0 Å². The van der Waals surface area contributed by atoms with Gasteiger partial charge in [-0.3, -0.25) is 0 Å². The zero-order valence-corrected chi connectivity index (χ0v) is 10.2. The normalized spacial score (nSPS) is 12.7. The van der Waals surface area contributed by atoms with Crippen LogP contribution in [0.2, 0.25) is 10.0 Å². The van der Waals surface area contributed by atoms with Gasteiger partial charge in [0.1, 0.15) is 5.76 Å². The van der Waals surface area contributed by atoms with E-state index in [1.54, 1.807) is 12.3 Å². The lowest BCUT2D eigenvalue weighted by Gasteiger charge is -2.16. The molecule has 0 radical (unpaired) electrons. The molecule has 1 atom stereocenters. The Morgan fingerprint density at radius 1 is 1.19 bits per heavy atom. The summed E-state index contributed by atoms with van der Waals surface area (Å²) >= 11 is 12.2. The number of rotatable bonds is 3. The van der Waals surface area contributed by atoms with Gasteiger partial charge in [-0.1, -0.05) is 35.3 Å². The molecule has 0 fully saturated rings. The maximum absolute atomic E-state index is 6.17. The quantitative estimate of drug-likeness (QED) is 0.901. The van der Waals surface area contributed by atoms with Crippen LogP contribution in [0.25, 0.3) is 0 Å². The Bertz CT molecular complexity index is 468. The average molecular weight is 256 g/mol. The molecule has 2 nitrogen and oxygen atoms in total. The third kappa shape index (κ3) is 2.09. The second-order valence-corrected chi connectivity index (χ2v) is 4.17. The summed E-state index contributed by atoms with van der Waals surface area (Å²) in [4.78, 5) is 0. The molecule has 0 aliphatic rings. The van der Waals surface area contributed by atoms with Gasteiger partial charge in [0, 0.05) is 0 Å². The highest BCUT2D eigenvalue weighted by molar-refractivity contribution is 6.42. The van der Waals surface area contributed by atoms with Crippen molar-refractivity contribution < 1.29 is 4.42 Å². The highest BCUT2D eigenvalue weighted by atomic mass is 35.5. The average Bonchev–Trinajstić information content (AvgIpc) is 2.79. The van der Waals surface area contributed by atoms with Crippen molar-refractivity contribution in [2.24, 2.45) is 0 Å². The summed E-state index contributed by atoms with van der Waals surface area (Å²) in [5.41, 5.74) is 0.909. The van der Waals surface area contributed by atoms with Crippen LogP contribution in [-0.4, -0.2) is 7.05 Å². The van der Waals surface area contributed by atoms with E-state index < -0.39 is 0 Å². The molecule has 84 valence electrons. The van der Waals surface area contributed by atoms with Crippen molar-refractivity contribution >= 4 is 23.2 Å². The summed E-state index contributed by atoms with van der Waals surface area (Å²) in [7, 11) is 1.85. The van der Waals surface area contributed by atoms with Gasteiger partial charge < -0.3 is 9.73 Å². The van der Waals surface area contributed by atoms with Crippen molar-refractivity contribution in [2.75, 3.05) is 7.05 Å². The summed E-state index contributed by atoms with van der Waals surface area (Å²) in [6, 6.07) is 9.23. The fourth-order valence-corrected chi connectivity index (χ4v) is 2.07. The first-order valence-electron chi connectivity index (χ1n) is 4.88. The van der Waals surface area contributed by atoms with Crippen molar-refractivity contribution in [1.82, 2.24) is 5.32 Å². The van der Waals surface area contributed by atoms with E-state index in [4.69, 9.17) is 27.6 Å². The maximum Gasteiger partial charge on any atom is 0.125 e. The van der Waals surface area contributed by atoms with Crippen LogP contribution >= 0.6 is 23.2 Å². The zero-order chi connectivity index (χ0) is 11.5. The van der Waals surface area contributed by atoms with Crippen molar-refractivity contribution in [3.8, 4) is 0 Å². The Kier molecular flexibility index (Phi) is 3.54. The minimum absolute atomic E-state index is 0.0822. The van der Waals surface area contributed by atoms with Crippen LogP contribution in [0.1, 0.15) is 17.4 Å². The van der Waals surface area contributed by atoms with Gasteiger partial charge >= 0.3 is 0 Å². The van der Waals surface area contributed by atoms with Crippen LogP contribution in [0.15, 0.2) is 41.0 Å². The van der Waals surface area contributed by atoms with Gasteiger partial charge in [-0.2, -0.15) is 0 Å². The summed E-state index contributed by atoms with van der Waals surface area (Å²) in [6.45, 7) is 0. The first-order valence-corrected chi connectivity index (χ1v) is 5.64. The van der Waals surface area contributed by atoms with E-state index in [9.17, 15) is 0 Å². The van der Waals surface area contributed by atoms with Crippen LogP contribution in [0, 0.1) is 0 Å². The molecule has 2 aromatic rings. The van der Waals surface area contributed by atoms with Gasteiger partial charge in [-0.05, 0) is 30.8 Å². The van der Waals surface area contributed by atoms with Crippen LogP contribution in [0.4, 0.5) is 0 Å². The number of furan rings is 1. The van der Waals surface area contributed by atoms with Crippen LogP contribution < -0.4 is 5.32 Å². The molecule has 1 unspecified atom stereocenters. The number of benzene rings is 1. The monoisotopic (exact) mass is 255 g/mol. The second-order valence-electron chi connectivity index (χ2n) is 3.38. The summed E-state index contributed by atoms with van der Waals surface area (Å²) in [5.74, 6) is 0.812. The summed E-state index contributed by atoms with van der Waals surface area (Å²) in [5, 5.41) is 4.25. The Morgan fingerprint density at radius 3 is 2.62 bits per heavy atom. The molecular formula is C12H11Cl2NO. The largest absolute Gasteiger partial charge is 0.467 e. The highest BCUT2D eigenvalue weighted by Gasteiger charge is 2.18. The molecule has 0 bridgehead atoms. The molecule has 4 heteroatoms. The molecular weight excluding hydrogens is 245 g/mol. The topological polar surface area (TPSA) is 25.2 Å². The standard InChI is InChI=1S/C12H11Cl2NO/c1-15-12(10-6-3-7-16-10)8-4-2-5-9(13)11(8)14/h2-7,12,15H,1H3. The van der Waals surface area contributed by atoms with E-state index in [1.807, 2.05) is 31.3 Å². The maximum atomic E-state index is 6.17. The Hall–Kier alpha value is -0.960. The third-order valence-corrected chi connectivity index (χ3v) is 3.24. The van der Waals surface area contributed by atoms with Crippen LogP contribution in [-0.2, 0) is 0 Å². The molecule has 0 saturated heterocycles. The van der Waals surface area contributed by atoms with E-state index in [0.717, 1.165) is 11.3 Å². The summed E-state index contributed by atoms with van der Waals surface area (Å²) < 4.78 is 5.37. The fourth-order valence-electron chi connectivity index (χ4n) is 1.65. The molecule has 1 aromatic carbocycles. The van der Waals surface area contributed by atoms with Crippen molar-refractivity contribution in [2.45, 2.75) is 6.04 Å². The van der Waals surface area contributed by atoms with E-state index in [1.165, 1.54) is 0 Å². The SMILES string of the molecule is CNC(c1ccco1)c1cccc(Cl)c1Cl. The molecule has 0 amide bonds. The lowest BCUT2D eigenvalue weighted by atomic mass is 10.0. The Labute approximate surface area is 104 Å². The van der Waals surface area contributed by atoms with Crippen molar-refractivity contribution in [3.63, 3.8) is 0 Å². The number of nitrogens with one attached hydrogen (secondary N) is 1. The molecule has 1 heterocycles. The van der Waals surface area contributed by atoms with Crippen LogP contribution in [0.3, 0.4) is 0 Å². The molecule has 16 heavy (non-hydrogen) atoms. The Morgan fingerprint density at radius 2 is 2.00 bits per heavy atom. The van der Waals surface area contributed by atoms with Crippen molar-refractivity contribution in [1.29, 1.82) is 0 Å². The van der Waals surface area contributed by atoms with E-state index in [-0.39, 0.29) is 6.04 Å². The fraction of sp³-hybridized carbons (Fsp3) is 0.167. The highest BCUT2D eigenvalue weighted by Crippen LogP contribution is 2.32. The van der Waals surface area contributed by atoms with E-state index in [2.05, 4.69) is 5.32 Å². The lowest BCUT2D eigenvalue weighted by Crippen LogP contribution is -2.17. The predicted molar refractivity (Wildman–Crippen MR) is 66.1 cm³/mol. The van der Waals surface area contributed by atoms with E-state index >= 15 is 0 Å². The predicted octanol–water partition coefficient (Wildman–Crippen LogP) is 3.90. The summed E-state index contributed by atoms with van der Waals surface area (Å²) in [6.07, 6.45) is 1.64. The number of hydrogen-bond donors (Lipinski definition) is 1. The molecule has 2 rings (SSSR count). The Balaban J connectivity index is 2.45. The van der Waals surface area contributed by atoms with Crippen molar-refractivity contribution in [3.05, 3.63) is 58.0 Å². The van der Waals surface area contributed by atoms with Gasteiger partial charge in [0.2, 0.25) is 0 Å².